The van der Waals surface area contributed by atoms with Crippen molar-refractivity contribution in [3.63, 3.8) is 0 Å². The molecule has 1 aliphatic heterocycles. The van der Waals surface area contributed by atoms with E-state index in [2.05, 4.69) is 20.8 Å². The summed E-state index contributed by atoms with van der Waals surface area (Å²) in [5.74, 6) is 0.284. The van der Waals surface area contributed by atoms with Gasteiger partial charge in [-0.3, -0.25) is 4.84 Å². The van der Waals surface area contributed by atoms with E-state index in [0.717, 1.165) is 5.56 Å². The number of hydrogen-bond acceptors (Lipinski definition) is 3. The fraction of sp³-hybridized carbons (Fsp3) is 0.455. The highest BCUT2D eigenvalue weighted by Gasteiger charge is 2.45. The first-order chi connectivity index (χ1) is 6.48. The summed E-state index contributed by atoms with van der Waals surface area (Å²) in [5.41, 5.74) is 1.01. The lowest BCUT2D eigenvalue weighted by Gasteiger charge is -2.16. The number of rotatable bonds is 1. The molecule has 0 aromatic heterocycles. The van der Waals surface area contributed by atoms with E-state index < -0.39 is 0 Å². The van der Waals surface area contributed by atoms with E-state index in [1.54, 1.807) is 12.1 Å². The summed E-state index contributed by atoms with van der Waals surface area (Å²) in [6, 6.07) is 7.17. The zero-order chi connectivity index (χ0) is 10.3. The Morgan fingerprint density at radius 3 is 2.57 bits per heavy atom. The fourth-order valence-corrected chi connectivity index (χ4v) is 1.46. The van der Waals surface area contributed by atoms with Crippen LogP contribution >= 0.6 is 0 Å². The van der Waals surface area contributed by atoms with Crippen LogP contribution in [0.1, 0.15) is 32.6 Å². The van der Waals surface area contributed by atoms with E-state index in [1.807, 2.05) is 17.2 Å². The van der Waals surface area contributed by atoms with Crippen LogP contribution in [-0.2, 0) is 4.84 Å². The molecule has 0 amide bonds. The van der Waals surface area contributed by atoms with Crippen LogP contribution in [0, 0.1) is 0 Å². The van der Waals surface area contributed by atoms with E-state index in [-0.39, 0.29) is 17.5 Å². The predicted molar refractivity (Wildman–Crippen MR) is 53.5 cm³/mol. The van der Waals surface area contributed by atoms with E-state index in [9.17, 15) is 5.11 Å². The quantitative estimate of drug-likeness (QED) is 0.696. The minimum absolute atomic E-state index is 0.00194. The first-order valence-corrected chi connectivity index (χ1v) is 4.73. The summed E-state index contributed by atoms with van der Waals surface area (Å²) >= 11 is 0. The summed E-state index contributed by atoms with van der Waals surface area (Å²) < 4.78 is 0. The standard InChI is InChI=1S/C11H15NO2/c1-11(2,3)12-10(14-12)8-5-4-6-9(13)7-8/h4-7,10,13H,1-3H3. The molecule has 1 N–H and O–H groups in total. The van der Waals surface area contributed by atoms with Gasteiger partial charge in [0.25, 0.3) is 0 Å². The molecule has 1 aliphatic rings. The van der Waals surface area contributed by atoms with Crippen LogP contribution in [0.2, 0.25) is 0 Å². The summed E-state index contributed by atoms with van der Waals surface area (Å²) in [6.07, 6.45) is 0.00194. The number of phenolic OH excluding ortho intramolecular Hbond substituents is 1. The van der Waals surface area contributed by atoms with Gasteiger partial charge in [-0.25, -0.2) is 0 Å². The summed E-state index contributed by atoms with van der Waals surface area (Å²) in [5, 5.41) is 11.2. The SMILES string of the molecule is CC(C)(C)N1OC1c1cccc(O)c1. The highest BCUT2D eigenvalue weighted by Crippen LogP contribution is 2.43. The molecular weight excluding hydrogens is 178 g/mol. The molecule has 14 heavy (non-hydrogen) atoms. The molecule has 1 aromatic carbocycles. The van der Waals surface area contributed by atoms with Gasteiger partial charge in [0.05, 0.1) is 0 Å². The number of hydroxylamine groups is 2. The second-order valence-corrected chi connectivity index (χ2v) is 4.55. The van der Waals surface area contributed by atoms with Crippen molar-refractivity contribution in [2.24, 2.45) is 0 Å². The third kappa shape index (κ3) is 1.74. The van der Waals surface area contributed by atoms with Crippen LogP contribution in [0.15, 0.2) is 24.3 Å². The first kappa shape index (κ1) is 9.49. The number of nitrogens with zero attached hydrogens (tertiary/aromatic N) is 1. The van der Waals surface area contributed by atoms with Crippen molar-refractivity contribution < 1.29 is 9.94 Å². The molecule has 2 unspecified atom stereocenters. The van der Waals surface area contributed by atoms with Gasteiger partial charge in [-0.05, 0) is 32.9 Å². The fourth-order valence-electron chi connectivity index (χ4n) is 1.46. The summed E-state index contributed by atoms with van der Waals surface area (Å²) in [7, 11) is 0. The predicted octanol–water partition coefficient (Wildman–Crippen LogP) is 2.44. The molecule has 0 bridgehead atoms. The van der Waals surface area contributed by atoms with Crippen molar-refractivity contribution in [3.8, 4) is 5.75 Å². The Kier molecular flexibility index (Phi) is 2.01. The molecule has 76 valence electrons. The lowest BCUT2D eigenvalue weighted by Crippen LogP contribution is -2.25. The Morgan fingerprint density at radius 2 is 2.07 bits per heavy atom. The first-order valence-electron chi connectivity index (χ1n) is 4.73. The maximum Gasteiger partial charge on any atom is 0.180 e. The number of benzene rings is 1. The van der Waals surface area contributed by atoms with Crippen molar-refractivity contribution in [2.45, 2.75) is 32.5 Å². The maximum absolute atomic E-state index is 9.30. The van der Waals surface area contributed by atoms with Gasteiger partial charge in [0, 0.05) is 11.1 Å². The Morgan fingerprint density at radius 1 is 1.36 bits per heavy atom. The van der Waals surface area contributed by atoms with E-state index >= 15 is 0 Å². The van der Waals surface area contributed by atoms with Gasteiger partial charge >= 0.3 is 0 Å². The summed E-state index contributed by atoms with van der Waals surface area (Å²) in [4.78, 5) is 5.44. The molecule has 2 rings (SSSR count). The van der Waals surface area contributed by atoms with E-state index in [4.69, 9.17) is 4.84 Å². The Bertz CT molecular complexity index is 343. The molecule has 3 nitrogen and oxygen atoms in total. The van der Waals surface area contributed by atoms with Gasteiger partial charge in [0.1, 0.15) is 5.75 Å². The lowest BCUT2D eigenvalue weighted by molar-refractivity contribution is 0.101. The van der Waals surface area contributed by atoms with Crippen LogP contribution in [0.4, 0.5) is 0 Å². The van der Waals surface area contributed by atoms with E-state index in [0.29, 0.717) is 0 Å². The molecule has 1 heterocycles. The number of phenols is 1. The largest absolute Gasteiger partial charge is 0.508 e. The molecule has 0 aliphatic carbocycles. The second-order valence-electron chi connectivity index (χ2n) is 4.55. The van der Waals surface area contributed by atoms with Crippen molar-refractivity contribution in [2.75, 3.05) is 0 Å². The molecule has 0 radical (unpaired) electrons. The van der Waals surface area contributed by atoms with Gasteiger partial charge in [-0.15, -0.1) is 5.06 Å². The lowest BCUT2D eigenvalue weighted by atomic mass is 10.1. The van der Waals surface area contributed by atoms with Crippen LogP contribution in [0.3, 0.4) is 0 Å². The number of hydrogen-bond donors (Lipinski definition) is 1. The highest BCUT2D eigenvalue weighted by atomic mass is 16.8. The van der Waals surface area contributed by atoms with Gasteiger partial charge in [-0.2, -0.15) is 0 Å². The Labute approximate surface area is 83.9 Å². The zero-order valence-electron chi connectivity index (χ0n) is 8.69. The minimum atomic E-state index is 0.00194. The molecule has 1 aromatic rings. The van der Waals surface area contributed by atoms with Gasteiger partial charge < -0.3 is 5.11 Å². The van der Waals surface area contributed by atoms with Crippen LogP contribution < -0.4 is 0 Å². The third-order valence-electron chi connectivity index (χ3n) is 2.20. The third-order valence-corrected chi connectivity index (χ3v) is 2.20. The Balaban J connectivity index is 2.14. The zero-order valence-corrected chi connectivity index (χ0v) is 8.69. The molecule has 0 spiro atoms. The molecule has 0 saturated carbocycles. The molecule has 3 heteroatoms. The minimum Gasteiger partial charge on any atom is -0.508 e. The van der Waals surface area contributed by atoms with Crippen LogP contribution in [0.25, 0.3) is 0 Å². The Hall–Kier alpha value is -1.06. The second kappa shape index (κ2) is 2.97. The summed E-state index contributed by atoms with van der Waals surface area (Å²) in [6.45, 7) is 6.28. The molecule has 1 saturated heterocycles. The average Bonchev–Trinajstić information content (AvgIpc) is 2.81. The van der Waals surface area contributed by atoms with Gasteiger partial charge in [-0.1, -0.05) is 12.1 Å². The van der Waals surface area contributed by atoms with Gasteiger partial charge in [0.2, 0.25) is 0 Å². The normalized spacial score (nSPS) is 26.2. The smallest absolute Gasteiger partial charge is 0.180 e. The molecular formula is C11H15NO2. The van der Waals surface area contributed by atoms with Crippen LogP contribution in [0.5, 0.6) is 5.75 Å². The van der Waals surface area contributed by atoms with Crippen molar-refractivity contribution in [1.29, 1.82) is 0 Å². The average molecular weight is 193 g/mol. The van der Waals surface area contributed by atoms with Gasteiger partial charge in [0.15, 0.2) is 6.23 Å². The monoisotopic (exact) mass is 193 g/mol. The topological polar surface area (TPSA) is 35.8 Å². The highest BCUT2D eigenvalue weighted by molar-refractivity contribution is 5.29. The molecule has 2 atom stereocenters. The van der Waals surface area contributed by atoms with E-state index in [1.165, 1.54) is 0 Å². The maximum atomic E-state index is 9.30. The van der Waals surface area contributed by atoms with Crippen LogP contribution in [-0.4, -0.2) is 15.7 Å². The van der Waals surface area contributed by atoms with Crippen molar-refractivity contribution in [3.05, 3.63) is 29.8 Å². The van der Waals surface area contributed by atoms with Crippen molar-refractivity contribution in [1.82, 2.24) is 5.06 Å². The van der Waals surface area contributed by atoms with Crippen molar-refractivity contribution >= 4 is 0 Å². The molecule has 1 fully saturated rings. The number of aromatic hydroxyl groups is 1.